The van der Waals surface area contributed by atoms with Crippen molar-refractivity contribution in [3.63, 3.8) is 0 Å². The average Bonchev–Trinajstić information content (AvgIpc) is 2.17. The summed E-state index contributed by atoms with van der Waals surface area (Å²) in [4.78, 5) is 0. The Bertz CT molecular complexity index is 331. The molecule has 1 rings (SSSR count). The van der Waals surface area contributed by atoms with E-state index in [1.807, 2.05) is 0 Å². The van der Waals surface area contributed by atoms with Gasteiger partial charge in [-0.3, -0.25) is 4.55 Å². The molecule has 5 atom stereocenters. The largest absolute Gasteiger partial charge is 0.394 e. The number of aliphatic hydroxyl groups is 4. The summed E-state index contributed by atoms with van der Waals surface area (Å²) in [6.07, 6.45) is -6.34. The molecule has 10 heteroatoms. The van der Waals surface area contributed by atoms with Crippen molar-refractivity contribution in [2.45, 2.75) is 30.6 Å². The zero-order chi connectivity index (χ0) is 12.5. The van der Waals surface area contributed by atoms with Crippen molar-refractivity contribution >= 4 is 10.3 Å². The van der Waals surface area contributed by atoms with Crippen molar-refractivity contribution in [3.05, 3.63) is 0 Å². The first kappa shape index (κ1) is 13.7. The molecule has 0 aromatic rings. The normalized spacial score (nSPS) is 40.9. The molecule has 0 aliphatic carbocycles. The molecule has 0 aromatic heterocycles. The van der Waals surface area contributed by atoms with Crippen LogP contribution in [-0.4, -0.2) is 70.6 Å². The van der Waals surface area contributed by atoms with Gasteiger partial charge in [-0.05, 0) is 0 Å². The van der Waals surface area contributed by atoms with E-state index in [1.165, 1.54) is 4.72 Å². The van der Waals surface area contributed by atoms with Crippen molar-refractivity contribution in [1.82, 2.24) is 4.72 Å². The molecule has 0 aromatic carbocycles. The fourth-order valence-electron chi connectivity index (χ4n) is 1.40. The Hall–Kier alpha value is -0.330. The second-order valence-electron chi connectivity index (χ2n) is 3.35. The van der Waals surface area contributed by atoms with Gasteiger partial charge >= 0.3 is 10.3 Å². The van der Waals surface area contributed by atoms with Crippen LogP contribution < -0.4 is 4.72 Å². The highest BCUT2D eigenvalue weighted by Gasteiger charge is 2.44. The van der Waals surface area contributed by atoms with Gasteiger partial charge in [0.25, 0.3) is 0 Å². The number of ether oxygens (including phenoxy) is 1. The zero-order valence-electron chi connectivity index (χ0n) is 7.96. The Labute approximate surface area is 91.2 Å². The molecule has 0 spiro atoms. The molecule has 0 amide bonds. The predicted octanol–water partition coefficient (Wildman–Crippen LogP) is -3.82. The lowest BCUT2D eigenvalue weighted by Gasteiger charge is -2.39. The molecule has 0 saturated carbocycles. The fraction of sp³-hybridized carbons (Fsp3) is 1.00. The maximum atomic E-state index is 10.5. The lowest BCUT2D eigenvalue weighted by molar-refractivity contribution is -0.251. The minimum Gasteiger partial charge on any atom is -0.394 e. The van der Waals surface area contributed by atoms with Crippen molar-refractivity contribution in [1.29, 1.82) is 0 Å². The van der Waals surface area contributed by atoms with Crippen LogP contribution in [0.5, 0.6) is 0 Å². The number of nitrogens with one attached hydrogen (secondary N) is 1. The first-order valence-electron chi connectivity index (χ1n) is 4.31. The SMILES string of the molecule is O=S(=O)(O)NC1C(O)[C@H](O)C(CO)O[C@H]1O. The second kappa shape index (κ2) is 4.89. The Morgan fingerprint density at radius 3 is 2.19 bits per heavy atom. The molecule has 96 valence electrons. The van der Waals surface area contributed by atoms with Gasteiger partial charge in [-0.2, -0.15) is 13.1 Å². The van der Waals surface area contributed by atoms with Gasteiger partial charge in [0, 0.05) is 0 Å². The van der Waals surface area contributed by atoms with Gasteiger partial charge in [-0.15, -0.1) is 0 Å². The van der Waals surface area contributed by atoms with Gasteiger partial charge in [0.15, 0.2) is 6.29 Å². The molecule has 0 bridgehead atoms. The molecule has 0 radical (unpaired) electrons. The van der Waals surface area contributed by atoms with Crippen LogP contribution in [0.3, 0.4) is 0 Å². The predicted molar refractivity (Wildman–Crippen MR) is 48.5 cm³/mol. The van der Waals surface area contributed by atoms with E-state index in [1.54, 1.807) is 0 Å². The third kappa shape index (κ3) is 3.09. The smallest absolute Gasteiger partial charge is 0.333 e. The minimum atomic E-state index is -4.66. The Kier molecular flexibility index (Phi) is 4.20. The highest BCUT2D eigenvalue weighted by atomic mass is 32.2. The van der Waals surface area contributed by atoms with Crippen LogP contribution in [0.4, 0.5) is 0 Å². The molecule has 1 aliphatic rings. The van der Waals surface area contributed by atoms with E-state index in [2.05, 4.69) is 4.74 Å². The van der Waals surface area contributed by atoms with Crippen LogP contribution >= 0.6 is 0 Å². The maximum Gasteiger partial charge on any atom is 0.333 e. The summed E-state index contributed by atoms with van der Waals surface area (Å²) in [5.74, 6) is 0. The first-order valence-corrected chi connectivity index (χ1v) is 5.75. The Morgan fingerprint density at radius 2 is 1.75 bits per heavy atom. The van der Waals surface area contributed by atoms with E-state index >= 15 is 0 Å². The summed E-state index contributed by atoms with van der Waals surface area (Å²) in [6, 6.07) is -1.62. The molecule has 6 N–H and O–H groups in total. The molecule has 1 fully saturated rings. The number of hydrogen-bond acceptors (Lipinski definition) is 7. The van der Waals surface area contributed by atoms with Gasteiger partial charge in [0.05, 0.1) is 6.61 Å². The van der Waals surface area contributed by atoms with Crippen LogP contribution in [0.15, 0.2) is 0 Å². The molecule has 3 unspecified atom stereocenters. The molecule has 1 heterocycles. The lowest BCUT2D eigenvalue weighted by atomic mass is 9.98. The number of aliphatic hydroxyl groups excluding tert-OH is 4. The van der Waals surface area contributed by atoms with E-state index in [0.29, 0.717) is 0 Å². The second-order valence-corrected chi connectivity index (χ2v) is 4.53. The Balaban J connectivity index is 2.80. The van der Waals surface area contributed by atoms with E-state index < -0.39 is 47.6 Å². The third-order valence-corrected chi connectivity index (χ3v) is 2.76. The van der Waals surface area contributed by atoms with Crippen molar-refractivity contribution in [2.75, 3.05) is 6.61 Å². The Morgan fingerprint density at radius 1 is 1.19 bits per heavy atom. The van der Waals surface area contributed by atoms with E-state index in [9.17, 15) is 23.7 Å². The summed E-state index contributed by atoms with van der Waals surface area (Å²) < 4.78 is 35.6. The summed E-state index contributed by atoms with van der Waals surface area (Å²) in [7, 11) is -4.66. The van der Waals surface area contributed by atoms with Crippen molar-refractivity contribution in [3.8, 4) is 0 Å². The van der Waals surface area contributed by atoms with E-state index in [4.69, 9.17) is 9.66 Å². The first-order chi connectivity index (χ1) is 7.26. The van der Waals surface area contributed by atoms with Crippen LogP contribution in [0.1, 0.15) is 0 Å². The highest BCUT2D eigenvalue weighted by molar-refractivity contribution is 7.83. The zero-order valence-corrected chi connectivity index (χ0v) is 8.78. The third-order valence-electron chi connectivity index (χ3n) is 2.19. The van der Waals surface area contributed by atoms with Crippen LogP contribution in [0.2, 0.25) is 0 Å². The van der Waals surface area contributed by atoms with Crippen molar-refractivity contribution < 1.29 is 38.1 Å². The van der Waals surface area contributed by atoms with E-state index in [0.717, 1.165) is 0 Å². The number of rotatable bonds is 3. The molecule has 1 saturated heterocycles. The monoisotopic (exact) mass is 259 g/mol. The quantitative estimate of drug-likeness (QED) is 0.281. The molecule has 9 nitrogen and oxygen atoms in total. The molecular weight excluding hydrogens is 246 g/mol. The van der Waals surface area contributed by atoms with Crippen LogP contribution in [-0.2, 0) is 15.0 Å². The van der Waals surface area contributed by atoms with Crippen LogP contribution in [0.25, 0.3) is 0 Å². The molecule has 1 aliphatic heterocycles. The molecule has 16 heavy (non-hydrogen) atoms. The minimum absolute atomic E-state index is 0.659. The highest BCUT2D eigenvalue weighted by Crippen LogP contribution is 2.19. The maximum absolute atomic E-state index is 10.5. The van der Waals surface area contributed by atoms with Crippen LogP contribution in [0, 0.1) is 0 Å². The molecular formula is C6H13NO8S. The summed E-state index contributed by atoms with van der Waals surface area (Å²) in [6.45, 7) is -0.659. The summed E-state index contributed by atoms with van der Waals surface area (Å²) in [5.41, 5.74) is 0. The standard InChI is InChI=1S/C6H13NO8S/c8-1-2-4(9)5(10)3(6(11)15-2)7-16(12,13)14/h2-11H,1H2,(H,12,13,14)/t2?,3?,4-,5?,6-/m1/s1. The van der Waals surface area contributed by atoms with Gasteiger partial charge in [0.1, 0.15) is 24.4 Å². The van der Waals surface area contributed by atoms with Gasteiger partial charge in [0.2, 0.25) is 0 Å². The lowest BCUT2D eigenvalue weighted by Crippen LogP contribution is -2.64. The average molecular weight is 259 g/mol. The number of hydrogen-bond donors (Lipinski definition) is 6. The van der Waals surface area contributed by atoms with Gasteiger partial charge in [-0.1, -0.05) is 0 Å². The fourth-order valence-corrected chi connectivity index (χ4v) is 2.00. The van der Waals surface area contributed by atoms with Gasteiger partial charge < -0.3 is 25.2 Å². The van der Waals surface area contributed by atoms with Crippen molar-refractivity contribution in [2.24, 2.45) is 0 Å². The van der Waals surface area contributed by atoms with E-state index in [-0.39, 0.29) is 0 Å². The summed E-state index contributed by atoms with van der Waals surface area (Å²) >= 11 is 0. The summed E-state index contributed by atoms with van der Waals surface area (Å²) in [5, 5.41) is 36.8. The van der Waals surface area contributed by atoms with Gasteiger partial charge in [-0.25, -0.2) is 0 Å². The topological polar surface area (TPSA) is 157 Å².